The molecule has 1 aliphatic rings. The lowest BCUT2D eigenvalue weighted by atomic mass is 9.95. The smallest absolute Gasteiger partial charge is 0.244 e. The van der Waals surface area contributed by atoms with Crippen LogP contribution in [0, 0.1) is 20.8 Å². The monoisotopic (exact) mass is 527 g/mol. The molecule has 202 valence electrons. The molecule has 0 bridgehead atoms. The summed E-state index contributed by atoms with van der Waals surface area (Å²) in [6.07, 6.45) is 6.79. The zero-order chi connectivity index (χ0) is 27.2. The van der Waals surface area contributed by atoms with Crippen LogP contribution in [-0.2, 0) is 26.2 Å². The summed E-state index contributed by atoms with van der Waals surface area (Å²) < 4.78 is 26.7. The van der Waals surface area contributed by atoms with Crippen LogP contribution in [0.5, 0.6) is 0 Å². The van der Waals surface area contributed by atoms with Crippen LogP contribution < -0.4 is 9.62 Å². The fourth-order valence-corrected chi connectivity index (χ4v) is 5.69. The molecule has 0 heterocycles. The Kier molecular flexibility index (Phi) is 9.76. The van der Waals surface area contributed by atoms with Crippen molar-refractivity contribution in [2.24, 2.45) is 0 Å². The van der Waals surface area contributed by atoms with E-state index in [0.717, 1.165) is 58.5 Å². The number of sulfonamides is 1. The fourth-order valence-electron chi connectivity index (χ4n) is 4.85. The van der Waals surface area contributed by atoms with E-state index in [-0.39, 0.29) is 25.0 Å². The Morgan fingerprint density at radius 1 is 0.973 bits per heavy atom. The molecule has 1 atom stereocenters. The van der Waals surface area contributed by atoms with E-state index < -0.39 is 22.0 Å². The number of anilines is 1. The van der Waals surface area contributed by atoms with E-state index in [1.807, 2.05) is 58.0 Å². The summed E-state index contributed by atoms with van der Waals surface area (Å²) in [5.41, 5.74) is 4.40. The van der Waals surface area contributed by atoms with Gasteiger partial charge in [-0.1, -0.05) is 62.1 Å². The Morgan fingerprint density at radius 3 is 2.19 bits per heavy atom. The van der Waals surface area contributed by atoms with E-state index in [1.54, 1.807) is 17.0 Å². The molecule has 8 heteroatoms. The molecule has 0 spiro atoms. The summed E-state index contributed by atoms with van der Waals surface area (Å²) in [6, 6.07) is 12.6. The first-order valence-corrected chi connectivity index (χ1v) is 15.0. The van der Waals surface area contributed by atoms with Crippen LogP contribution in [0.2, 0.25) is 0 Å². The van der Waals surface area contributed by atoms with Crippen LogP contribution in [-0.4, -0.2) is 50.0 Å². The van der Waals surface area contributed by atoms with Gasteiger partial charge < -0.3 is 10.2 Å². The predicted molar refractivity (Wildman–Crippen MR) is 149 cm³/mol. The molecular formula is C29H41N3O4S. The van der Waals surface area contributed by atoms with Gasteiger partial charge in [0.15, 0.2) is 0 Å². The van der Waals surface area contributed by atoms with E-state index in [1.165, 1.54) is 6.42 Å². The van der Waals surface area contributed by atoms with Crippen molar-refractivity contribution in [3.8, 4) is 0 Å². The highest BCUT2D eigenvalue weighted by molar-refractivity contribution is 7.92. The zero-order valence-electron chi connectivity index (χ0n) is 22.8. The number of hydrogen-bond donors (Lipinski definition) is 1. The molecule has 2 amide bonds. The Labute approximate surface area is 222 Å². The Hall–Kier alpha value is -2.87. The third kappa shape index (κ3) is 7.81. The molecule has 0 aromatic heterocycles. The van der Waals surface area contributed by atoms with E-state index in [0.29, 0.717) is 12.1 Å². The van der Waals surface area contributed by atoms with Gasteiger partial charge in [0.25, 0.3) is 0 Å². The lowest BCUT2D eigenvalue weighted by Gasteiger charge is -2.34. The van der Waals surface area contributed by atoms with E-state index in [2.05, 4.69) is 5.32 Å². The average molecular weight is 528 g/mol. The van der Waals surface area contributed by atoms with Crippen molar-refractivity contribution in [2.45, 2.75) is 84.8 Å². The highest BCUT2D eigenvalue weighted by Crippen LogP contribution is 2.23. The number of amides is 2. The summed E-state index contributed by atoms with van der Waals surface area (Å²) in [5.74, 6) is -0.582. The average Bonchev–Trinajstić information content (AvgIpc) is 2.85. The van der Waals surface area contributed by atoms with Gasteiger partial charge in [-0.2, -0.15) is 0 Å². The minimum atomic E-state index is -3.74. The quantitative estimate of drug-likeness (QED) is 0.488. The molecule has 1 saturated carbocycles. The first-order valence-electron chi connectivity index (χ1n) is 13.2. The number of carbonyl (C=O) groups excluding carboxylic acids is 2. The first kappa shape index (κ1) is 28.7. The van der Waals surface area contributed by atoms with Gasteiger partial charge in [-0.05, 0) is 68.9 Å². The fraction of sp³-hybridized carbons (Fsp3) is 0.517. The highest BCUT2D eigenvalue weighted by Gasteiger charge is 2.32. The maximum Gasteiger partial charge on any atom is 0.244 e. The summed E-state index contributed by atoms with van der Waals surface area (Å²) in [4.78, 5) is 28.8. The number of rotatable bonds is 10. The standard InChI is InChI=1S/C29H41N3O4S/c1-6-27(29(34)30-25-10-8-7-9-11-25)31(19-24-15-12-21(2)13-16-24)28(33)20-32(37(5,35)36)26-17-14-22(3)23(4)18-26/h12-18,25,27H,6-11,19-20H2,1-5H3,(H,30,34)/t27-/m0/s1. The van der Waals surface area contributed by atoms with Crippen molar-refractivity contribution < 1.29 is 18.0 Å². The van der Waals surface area contributed by atoms with Crippen molar-refractivity contribution in [1.82, 2.24) is 10.2 Å². The Balaban J connectivity index is 1.92. The Morgan fingerprint density at radius 2 is 1.62 bits per heavy atom. The van der Waals surface area contributed by atoms with Crippen LogP contribution in [0.15, 0.2) is 42.5 Å². The lowest BCUT2D eigenvalue weighted by Crippen LogP contribution is -2.53. The third-order valence-corrected chi connectivity index (χ3v) is 8.41. The van der Waals surface area contributed by atoms with Crippen molar-refractivity contribution in [1.29, 1.82) is 0 Å². The predicted octanol–water partition coefficient (Wildman–Crippen LogP) is 4.63. The lowest BCUT2D eigenvalue weighted by molar-refractivity contribution is -0.140. The molecule has 2 aromatic carbocycles. The van der Waals surface area contributed by atoms with Crippen molar-refractivity contribution in [3.05, 3.63) is 64.7 Å². The first-order chi connectivity index (χ1) is 17.5. The molecule has 1 N–H and O–H groups in total. The molecule has 1 aliphatic carbocycles. The second-order valence-electron chi connectivity index (χ2n) is 10.3. The van der Waals surface area contributed by atoms with Gasteiger partial charge in [-0.25, -0.2) is 8.42 Å². The molecule has 1 fully saturated rings. The molecule has 2 aromatic rings. The van der Waals surface area contributed by atoms with E-state index in [4.69, 9.17) is 0 Å². The van der Waals surface area contributed by atoms with E-state index in [9.17, 15) is 18.0 Å². The van der Waals surface area contributed by atoms with Gasteiger partial charge >= 0.3 is 0 Å². The minimum absolute atomic E-state index is 0.120. The Bertz CT molecular complexity index is 1190. The van der Waals surface area contributed by atoms with Crippen LogP contribution in [0.25, 0.3) is 0 Å². The van der Waals surface area contributed by atoms with Gasteiger partial charge in [0.05, 0.1) is 11.9 Å². The maximum absolute atomic E-state index is 13.8. The second kappa shape index (κ2) is 12.6. The molecule has 0 radical (unpaired) electrons. The summed E-state index contributed by atoms with van der Waals surface area (Å²) in [7, 11) is -3.74. The van der Waals surface area contributed by atoms with Crippen LogP contribution >= 0.6 is 0 Å². The molecule has 37 heavy (non-hydrogen) atoms. The number of benzene rings is 2. The number of carbonyl (C=O) groups is 2. The van der Waals surface area contributed by atoms with Gasteiger partial charge in [0, 0.05) is 12.6 Å². The molecule has 0 unspecified atom stereocenters. The molecule has 0 saturated heterocycles. The SMILES string of the molecule is CC[C@@H](C(=O)NC1CCCCC1)N(Cc1ccc(C)cc1)C(=O)CN(c1ccc(C)c(C)c1)S(C)(=O)=O. The summed E-state index contributed by atoms with van der Waals surface area (Å²) in [6.45, 7) is 7.59. The molecular weight excluding hydrogens is 486 g/mol. The van der Waals surface area contributed by atoms with Crippen molar-refractivity contribution >= 4 is 27.5 Å². The summed E-state index contributed by atoms with van der Waals surface area (Å²) >= 11 is 0. The highest BCUT2D eigenvalue weighted by atomic mass is 32.2. The number of aryl methyl sites for hydroxylation is 3. The van der Waals surface area contributed by atoms with Crippen molar-refractivity contribution in [2.75, 3.05) is 17.1 Å². The maximum atomic E-state index is 13.8. The minimum Gasteiger partial charge on any atom is -0.352 e. The van der Waals surface area contributed by atoms with Gasteiger partial charge in [-0.15, -0.1) is 0 Å². The normalized spacial score (nSPS) is 15.2. The zero-order valence-corrected chi connectivity index (χ0v) is 23.6. The number of nitrogens with one attached hydrogen (secondary N) is 1. The number of nitrogens with zero attached hydrogens (tertiary/aromatic N) is 2. The van der Waals surface area contributed by atoms with Crippen LogP contribution in [0.3, 0.4) is 0 Å². The largest absolute Gasteiger partial charge is 0.352 e. The third-order valence-electron chi connectivity index (χ3n) is 7.27. The molecule has 3 rings (SSSR count). The molecule has 0 aliphatic heterocycles. The van der Waals surface area contributed by atoms with E-state index >= 15 is 0 Å². The van der Waals surface area contributed by atoms with Crippen LogP contribution in [0.4, 0.5) is 5.69 Å². The number of hydrogen-bond acceptors (Lipinski definition) is 4. The summed E-state index contributed by atoms with van der Waals surface area (Å²) in [5, 5.41) is 3.16. The van der Waals surface area contributed by atoms with Gasteiger partial charge in [0.2, 0.25) is 21.8 Å². The topological polar surface area (TPSA) is 86.8 Å². The van der Waals surface area contributed by atoms with Gasteiger partial charge in [-0.3, -0.25) is 13.9 Å². The molecule has 7 nitrogen and oxygen atoms in total. The van der Waals surface area contributed by atoms with Crippen LogP contribution in [0.1, 0.15) is 67.7 Å². The van der Waals surface area contributed by atoms with Gasteiger partial charge in [0.1, 0.15) is 12.6 Å². The van der Waals surface area contributed by atoms with Crippen molar-refractivity contribution in [3.63, 3.8) is 0 Å². The second-order valence-corrected chi connectivity index (χ2v) is 12.2.